The number of hydrogen-bond acceptors (Lipinski definition) is 1. The molecule has 4 unspecified atom stereocenters. The number of rotatable bonds is 3. The molecule has 2 saturated carbocycles. The van der Waals surface area contributed by atoms with E-state index in [-0.39, 0.29) is 0 Å². The van der Waals surface area contributed by atoms with Gasteiger partial charge in [-0.2, -0.15) is 0 Å². The molecule has 1 heteroatoms. The molecule has 0 aromatic carbocycles. The van der Waals surface area contributed by atoms with Crippen molar-refractivity contribution in [2.75, 3.05) is 0 Å². The molecule has 0 heterocycles. The smallest absolute Gasteiger partial charge is 0.00983 e. The summed E-state index contributed by atoms with van der Waals surface area (Å²) in [5.41, 5.74) is 6.29. The van der Waals surface area contributed by atoms with E-state index in [0.29, 0.717) is 6.04 Å². The fourth-order valence-electron chi connectivity index (χ4n) is 3.27. The third-order valence-electron chi connectivity index (χ3n) is 4.47. The topological polar surface area (TPSA) is 26.0 Å². The maximum atomic E-state index is 6.29. The average molecular weight is 181 g/mol. The van der Waals surface area contributed by atoms with E-state index < -0.39 is 0 Å². The maximum Gasteiger partial charge on any atom is 0.00983 e. The standard InChI is InChI=1S/C12H23N/c1-3-8(2)12(13)11-9-6-4-5-7-10(9)11/h8-12H,3-7,13H2,1-2H3. The van der Waals surface area contributed by atoms with Crippen molar-refractivity contribution in [3.8, 4) is 0 Å². The number of nitrogens with two attached hydrogens (primary N) is 1. The molecule has 0 aromatic rings. The molecule has 0 spiro atoms. The maximum absolute atomic E-state index is 6.29. The number of hydrogen-bond donors (Lipinski definition) is 1. The van der Waals surface area contributed by atoms with Crippen LogP contribution in [0, 0.1) is 23.7 Å². The van der Waals surface area contributed by atoms with E-state index in [1.165, 1.54) is 32.1 Å². The Labute approximate surface area is 82.1 Å². The molecule has 0 aliphatic heterocycles. The van der Waals surface area contributed by atoms with Crippen LogP contribution in [0.15, 0.2) is 0 Å². The lowest BCUT2D eigenvalue weighted by Gasteiger charge is -2.18. The molecule has 4 atom stereocenters. The highest BCUT2D eigenvalue weighted by Gasteiger charge is 2.53. The monoisotopic (exact) mass is 181 g/mol. The first-order valence-corrected chi connectivity index (χ1v) is 6.01. The Morgan fingerprint density at radius 3 is 2.23 bits per heavy atom. The van der Waals surface area contributed by atoms with E-state index in [2.05, 4.69) is 13.8 Å². The molecule has 0 amide bonds. The molecule has 0 saturated heterocycles. The molecule has 2 fully saturated rings. The van der Waals surface area contributed by atoms with Gasteiger partial charge < -0.3 is 5.73 Å². The molecule has 1 nitrogen and oxygen atoms in total. The van der Waals surface area contributed by atoms with Crippen LogP contribution in [0.3, 0.4) is 0 Å². The molecule has 13 heavy (non-hydrogen) atoms. The van der Waals surface area contributed by atoms with Crippen molar-refractivity contribution in [2.24, 2.45) is 29.4 Å². The van der Waals surface area contributed by atoms with Gasteiger partial charge in [0.05, 0.1) is 0 Å². The van der Waals surface area contributed by atoms with Gasteiger partial charge in [0.15, 0.2) is 0 Å². The lowest BCUT2D eigenvalue weighted by atomic mass is 9.94. The Kier molecular flexibility index (Phi) is 2.64. The summed E-state index contributed by atoms with van der Waals surface area (Å²) >= 11 is 0. The van der Waals surface area contributed by atoms with Gasteiger partial charge in [0.25, 0.3) is 0 Å². The van der Waals surface area contributed by atoms with E-state index >= 15 is 0 Å². The summed E-state index contributed by atoms with van der Waals surface area (Å²) in [6.07, 6.45) is 7.12. The van der Waals surface area contributed by atoms with Gasteiger partial charge in [0.1, 0.15) is 0 Å². The molecular formula is C12H23N. The van der Waals surface area contributed by atoms with Crippen LogP contribution in [0.2, 0.25) is 0 Å². The second-order valence-electron chi connectivity index (χ2n) is 5.15. The lowest BCUT2D eigenvalue weighted by Crippen LogP contribution is -2.31. The summed E-state index contributed by atoms with van der Waals surface area (Å²) in [7, 11) is 0. The van der Waals surface area contributed by atoms with Gasteiger partial charge in [0.2, 0.25) is 0 Å². The minimum Gasteiger partial charge on any atom is -0.327 e. The first kappa shape index (κ1) is 9.51. The van der Waals surface area contributed by atoms with Crippen molar-refractivity contribution in [2.45, 2.75) is 52.0 Å². The predicted octanol–water partition coefficient (Wildman–Crippen LogP) is 2.80. The van der Waals surface area contributed by atoms with Crippen LogP contribution in [0.5, 0.6) is 0 Å². The molecule has 0 radical (unpaired) electrons. The summed E-state index contributed by atoms with van der Waals surface area (Å²) in [5, 5.41) is 0. The van der Waals surface area contributed by atoms with Crippen LogP contribution in [0.1, 0.15) is 46.0 Å². The van der Waals surface area contributed by atoms with Gasteiger partial charge in [-0.05, 0) is 36.5 Å². The molecule has 0 bridgehead atoms. The zero-order chi connectivity index (χ0) is 9.42. The van der Waals surface area contributed by atoms with E-state index in [4.69, 9.17) is 5.73 Å². The number of fused-ring (bicyclic) bond motifs is 1. The SMILES string of the molecule is CCC(C)C(N)C1C2CCCCC21. The third kappa shape index (κ3) is 1.63. The van der Waals surface area contributed by atoms with E-state index in [9.17, 15) is 0 Å². The second-order valence-corrected chi connectivity index (χ2v) is 5.15. The first-order valence-electron chi connectivity index (χ1n) is 6.01. The van der Waals surface area contributed by atoms with Gasteiger partial charge >= 0.3 is 0 Å². The van der Waals surface area contributed by atoms with Crippen LogP contribution in [0.25, 0.3) is 0 Å². The van der Waals surface area contributed by atoms with Crippen LogP contribution in [-0.2, 0) is 0 Å². The average Bonchev–Trinajstić information content (AvgIpc) is 2.89. The molecule has 76 valence electrons. The molecule has 2 aliphatic carbocycles. The highest BCUT2D eigenvalue weighted by atomic mass is 14.7. The molecule has 0 aromatic heterocycles. The fourth-order valence-corrected chi connectivity index (χ4v) is 3.27. The normalized spacial score (nSPS) is 42.2. The highest BCUT2D eigenvalue weighted by Crippen LogP contribution is 2.57. The van der Waals surface area contributed by atoms with Crippen molar-refractivity contribution in [3.05, 3.63) is 0 Å². The molecule has 2 aliphatic rings. The Morgan fingerprint density at radius 1 is 1.23 bits per heavy atom. The van der Waals surface area contributed by atoms with Gasteiger partial charge in [-0.25, -0.2) is 0 Å². The van der Waals surface area contributed by atoms with Crippen molar-refractivity contribution in [3.63, 3.8) is 0 Å². The van der Waals surface area contributed by atoms with E-state index in [1.807, 2.05) is 0 Å². The predicted molar refractivity (Wildman–Crippen MR) is 56.4 cm³/mol. The summed E-state index contributed by atoms with van der Waals surface area (Å²) in [6.45, 7) is 4.57. The quantitative estimate of drug-likeness (QED) is 0.712. The summed E-state index contributed by atoms with van der Waals surface area (Å²) in [4.78, 5) is 0. The zero-order valence-corrected chi connectivity index (χ0v) is 9.00. The van der Waals surface area contributed by atoms with Crippen molar-refractivity contribution >= 4 is 0 Å². The Bertz CT molecular complexity index is 166. The zero-order valence-electron chi connectivity index (χ0n) is 9.00. The lowest BCUT2D eigenvalue weighted by molar-refractivity contribution is 0.380. The van der Waals surface area contributed by atoms with Crippen LogP contribution >= 0.6 is 0 Å². The minimum absolute atomic E-state index is 0.498. The summed E-state index contributed by atoms with van der Waals surface area (Å²) in [5.74, 6) is 3.68. The Hall–Kier alpha value is -0.0400. The Morgan fingerprint density at radius 2 is 1.77 bits per heavy atom. The fraction of sp³-hybridized carbons (Fsp3) is 1.00. The third-order valence-corrected chi connectivity index (χ3v) is 4.47. The van der Waals surface area contributed by atoms with Gasteiger partial charge in [0, 0.05) is 6.04 Å². The largest absolute Gasteiger partial charge is 0.327 e. The summed E-state index contributed by atoms with van der Waals surface area (Å²) < 4.78 is 0. The van der Waals surface area contributed by atoms with Crippen LogP contribution in [0.4, 0.5) is 0 Å². The Balaban J connectivity index is 1.89. The minimum atomic E-state index is 0.498. The molecular weight excluding hydrogens is 158 g/mol. The first-order chi connectivity index (χ1) is 6.25. The molecule has 2 rings (SSSR count). The van der Waals surface area contributed by atoms with Crippen LogP contribution < -0.4 is 5.73 Å². The molecule has 2 N–H and O–H groups in total. The van der Waals surface area contributed by atoms with Gasteiger partial charge in [-0.3, -0.25) is 0 Å². The van der Waals surface area contributed by atoms with Crippen LogP contribution in [-0.4, -0.2) is 6.04 Å². The van der Waals surface area contributed by atoms with Crippen molar-refractivity contribution in [1.29, 1.82) is 0 Å². The van der Waals surface area contributed by atoms with Crippen molar-refractivity contribution in [1.82, 2.24) is 0 Å². The van der Waals surface area contributed by atoms with Gasteiger partial charge in [-0.15, -0.1) is 0 Å². The van der Waals surface area contributed by atoms with Crippen molar-refractivity contribution < 1.29 is 0 Å². The van der Waals surface area contributed by atoms with Gasteiger partial charge in [-0.1, -0.05) is 33.1 Å². The second kappa shape index (κ2) is 3.61. The summed E-state index contributed by atoms with van der Waals surface area (Å²) in [6, 6.07) is 0.498. The highest BCUT2D eigenvalue weighted by molar-refractivity contribution is 5.04. The van der Waals surface area contributed by atoms with E-state index in [0.717, 1.165) is 23.7 Å². The van der Waals surface area contributed by atoms with E-state index in [1.54, 1.807) is 0 Å².